The van der Waals surface area contributed by atoms with Crippen LogP contribution in [-0.2, 0) is 0 Å². The van der Waals surface area contributed by atoms with E-state index >= 15 is 0 Å². The lowest BCUT2D eigenvalue weighted by atomic mass is 10.1. The molecule has 4 aromatic carbocycles. The van der Waals surface area contributed by atoms with Crippen molar-refractivity contribution < 1.29 is 13.3 Å². The molecule has 0 fully saturated rings. The van der Waals surface area contributed by atoms with E-state index in [1.807, 2.05) is 60.7 Å². The van der Waals surface area contributed by atoms with E-state index in [9.17, 15) is 0 Å². The highest BCUT2D eigenvalue weighted by atomic mass is 35.5. The smallest absolute Gasteiger partial charge is 0.136 e. The third-order valence-corrected chi connectivity index (χ3v) is 6.05. The molecule has 7 aromatic rings. The molecule has 0 unspecified atom stereocenters. The Kier molecular flexibility index (Phi) is 4.58. The highest BCUT2D eigenvalue weighted by Gasteiger charge is 2.16. The van der Waals surface area contributed by atoms with Gasteiger partial charge in [-0.2, -0.15) is 0 Å². The van der Waals surface area contributed by atoms with Gasteiger partial charge in [-0.05, 0) is 48.5 Å². The highest BCUT2D eigenvalue weighted by Crippen LogP contribution is 2.40. The van der Waals surface area contributed by atoms with Crippen molar-refractivity contribution in [2.24, 2.45) is 0 Å². The Labute approximate surface area is 197 Å². The Balaban J connectivity index is 0.00000102. The van der Waals surface area contributed by atoms with Crippen molar-refractivity contribution in [1.29, 1.82) is 0 Å². The second-order valence-corrected chi connectivity index (χ2v) is 8.15. The van der Waals surface area contributed by atoms with E-state index in [0.29, 0.717) is 10.0 Å². The first-order valence-electron chi connectivity index (χ1n) is 9.14. The fourth-order valence-corrected chi connectivity index (χ4v) is 4.59. The van der Waals surface area contributed by atoms with Crippen molar-refractivity contribution in [3.63, 3.8) is 0 Å². The summed E-state index contributed by atoms with van der Waals surface area (Å²) < 4.78 is 18.3. The minimum Gasteiger partial charge on any atom is -0.456 e. The van der Waals surface area contributed by atoms with Gasteiger partial charge in [0, 0.05) is 54.5 Å². The Morgan fingerprint density at radius 1 is 0.387 bits per heavy atom. The zero-order chi connectivity index (χ0) is 19.3. The second-order valence-electron chi connectivity index (χ2n) is 7.28. The predicted molar refractivity (Wildman–Crippen MR) is 133 cm³/mol. The molecule has 154 valence electrons. The van der Waals surface area contributed by atoms with Gasteiger partial charge in [-0.15, -0.1) is 24.8 Å². The summed E-state index contributed by atoms with van der Waals surface area (Å²) in [7, 11) is 0. The SMILES string of the molecule is Cl.Cl.Clc1ccc2c(c1)oc1cc3c(cc12)oc1cc2c(cc13)oc1cc(Cl)ccc12. The molecule has 0 aliphatic heterocycles. The van der Waals surface area contributed by atoms with Crippen LogP contribution in [0.3, 0.4) is 0 Å². The molecule has 3 heterocycles. The fourth-order valence-electron chi connectivity index (χ4n) is 4.26. The summed E-state index contributed by atoms with van der Waals surface area (Å²) in [5, 5.41) is 7.32. The van der Waals surface area contributed by atoms with E-state index in [2.05, 4.69) is 0 Å². The van der Waals surface area contributed by atoms with Crippen LogP contribution in [0, 0.1) is 0 Å². The number of hydrogen-bond acceptors (Lipinski definition) is 3. The molecule has 0 bridgehead atoms. The van der Waals surface area contributed by atoms with Crippen molar-refractivity contribution in [3.8, 4) is 0 Å². The van der Waals surface area contributed by atoms with E-state index in [-0.39, 0.29) is 24.8 Å². The average molecular weight is 490 g/mol. The van der Waals surface area contributed by atoms with Gasteiger partial charge in [0.05, 0.1) is 0 Å². The molecule has 0 radical (unpaired) electrons. The van der Waals surface area contributed by atoms with Crippen molar-refractivity contribution in [2.45, 2.75) is 0 Å². The third kappa shape index (κ3) is 2.81. The third-order valence-electron chi connectivity index (χ3n) is 5.58. The van der Waals surface area contributed by atoms with E-state index in [1.54, 1.807) is 0 Å². The van der Waals surface area contributed by atoms with Crippen molar-refractivity contribution in [1.82, 2.24) is 0 Å². The minimum atomic E-state index is 0. The van der Waals surface area contributed by atoms with Crippen LogP contribution in [0.4, 0.5) is 0 Å². The molecule has 7 heteroatoms. The summed E-state index contributed by atoms with van der Waals surface area (Å²) in [6, 6.07) is 19.5. The number of halogens is 4. The second kappa shape index (κ2) is 6.98. The molecule has 0 saturated carbocycles. The monoisotopic (exact) mass is 488 g/mol. The van der Waals surface area contributed by atoms with Gasteiger partial charge in [0.2, 0.25) is 0 Å². The Bertz CT molecular complexity index is 1660. The molecule has 3 aromatic heterocycles. The molecule has 31 heavy (non-hydrogen) atoms. The van der Waals surface area contributed by atoms with E-state index in [0.717, 1.165) is 65.8 Å². The number of furan rings is 3. The van der Waals surface area contributed by atoms with Crippen LogP contribution < -0.4 is 0 Å². The van der Waals surface area contributed by atoms with Gasteiger partial charge in [-0.3, -0.25) is 0 Å². The van der Waals surface area contributed by atoms with Crippen LogP contribution in [0.2, 0.25) is 10.0 Å². The van der Waals surface area contributed by atoms with Gasteiger partial charge in [-0.1, -0.05) is 23.2 Å². The zero-order valence-corrected chi connectivity index (χ0v) is 18.7. The summed E-state index contributed by atoms with van der Waals surface area (Å²) in [6.07, 6.45) is 0. The predicted octanol–water partition coefficient (Wildman–Crippen LogP) is 9.54. The highest BCUT2D eigenvalue weighted by molar-refractivity contribution is 6.32. The van der Waals surface area contributed by atoms with Gasteiger partial charge < -0.3 is 13.3 Å². The Morgan fingerprint density at radius 2 is 0.677 bits per heavy atom. The van der Waals surface area contributed by atoms with Crippen LogP contribution >= 0.6 is 48.0 Å². The molecular weight excluding hydrogens is 478 g/mol. The van der Waals surface area contributed by atoms with Gasteiger partial charge in [0.1, 0.15) is 33.5 Å². The van der Waals surface area contributed by atoms with Gasteiger partial charge in [0.15, 0.2) is 0 Å². The molecular formula is C24H12Cl4O3. The number of benzene rings is 4. The topological polar surface area (TPSA) is 39.4 Å². The molecule has 0 spiro atoms. The van der Waals surface area contributed by atoms with Gasteiger partial charge in [-0.25, -0.2) is 0 Å². The quantitative estimate of drug-likeness (QED) is 0.213. The number of fused-ring (bicyclic) bond motifs is 9. The first-order valence-corrected chi connectivity index (χ1v) is 9.89. The summed E-state index contributed by atoms with van der Waals surface area (Å²) in [5.74, 6) is 0. The maximum atomic E-state index is 6.22. The lowest BCUT2D eigenvalue weighted by Crippen LogP contribution is -1.70. The van der Waals surface area contributed by atoms with Crippen molar-refractivity contribution >= 4 is 114 Å². The van der Waals surface area contributed by atoms with Crippen LogP contribution in [0.25, 0.3) is 65.8 Å². The summed E-state index contributed by atoms with van der Waals surface area (Å²) in [6.45, 7) is 0. The average Bonchev–Trinajstić information content (AvgIpc) is 3.33. The number of hydrogen-bond donors (Lipinski definition) is 0. The molecule has 3 nitrogen and oxygen atoms in total. The normalized spacial score (nSPS) is 11.7. The van der Waals surface area contributed by atoms with Crippen LogP contribution in [0.1, 0.15) is 0 Å². The van der Waals surface area contributed by atoms with E-state index in [1.165, 1.54) is 0 Å². The maximum Gasteiger partial charge on any atom is 0.136 e. The van der Waals surface area contributed by atoms with Gasteiger partial charge >= 0.3 is 0 Å². The molecule has 0 saturated heterocycles. The standard InChI is InChI=1S/C24H10Cl2O3.2ClH/c25-11-1-3-13-15-7-23-17(9-21(15)27-19(13)5-11)18-10-22-16(8-24(18)29-23)14-4-2-12(26)6-20(14)28-22;;/h1-10H;2*1H. The van der Waals surface area contributed by atoms with Crippen LogP contribution in [0.5, 0.6) is 0 Å². The summed E-state index contributed by atoms with van der Waals surface area (Å²) in [5.41, 5.74) is 4.75. The van der Waals surface area contributed by atoms with E-state index < -0.39 is 0 Å². The Hall–Kier alpha value is -2.56. The van der Waals surface area contributed by atoms with Crippen molar-refractivity contribution in [2.75, 3.05) is 0 Å². The largest absolute Gasteiger partial charge is 0.456 e. The molecule has 0 aliphatic rings. The van der Waals surface area contributed by atoms with Crippen LogP contribution in [-0.4, -0.2) is 0 Å². The zero-order valence-electron chi connectivity index (χ0n) is 15.6. The minimum absolute atomic E-state index is 0. The number of rotatable bonds is 0. The molecule has 0 aliphatic carbocycles. The van der Waals surface area contributed by atoms with Crippen LogP contribution in [0.15, 0.2) is 73.9 Å². The fraction of sp³-hybridized carbons (Fsp3) is 0. The lowest BCUT2D eigenvalue weighted by molar-refractivity contribution is 0.662. The van der Waals surface area contributed by atoms with Gasteiger partial charge in [0.25, 0.3) is 0 Å². The summed E-state index contributed by atoms with van der Waals surface area (Å²) in [4.78, 5) is 0. The molecule has 7 rings (SSSR count). The summed E-state index contributed by atoms with van der Waals surface area (Å²) >= 11 is 12.2. The Morgan fingerprint density at radius 3 is 1.03 bits per heavy atom. The van der Waals surface area contributed by atoms with E-state index in [4.69, 9.17) is 36.5 Å². The molecule has 0 amide bonds. The van der Waals surface area contributed by atoms with Crippen molar-refractivity contribution in [3.05, 3.63) is 70.7 Å². The maximum absolute atomic E-state index is 6.22. The first-order chi connectivity index (χ1) is 14.1. The molecule has 0 N–H and O–H groups in total. The molecule has 0 atom stereocenters. The lowest BCUT2D eigenvalue weighted by Gasteiger charge is -1.92. The first kappa shape index (κ1) is 20.3.